The van der Waals surface area contributed by atoms with Gasteiger partial charge in [0.1, 0.15) is 0 Å². The van der Waals surface area contributed by atoms with Crippen LogP contribution in [0.3, 0.4) is 0 Å². The van der Waals surface area contributed by atoms with E-state index in [2.05, 4.69) is 5.10 Å². The van der Waals surface area contributed by atoms with E-state index in [1.807, 2.05) is 43.6 Å². The monoisotopic (exact) mass is 220 g/mol. The first kappa shape index (κ1) is 10.1. The van der Waals surface area contributed by atoms with Crippen LogP contribution in [0.5, 0.6) is 0 Å². The van der Waals surface area contributed by atoms with E-state index in [1.165, 1.54) is 0 Å². The number of aromatic nitrogens is 2. The Morgan fingerprint density at radius 3 is 2.73 bits per heavy atom. The smallest absolute Gasteiger partial charge is 0.0923 e. The normalized spacial score (nSPS) is 12.7. The van der Waals surface area contributed by atoms with Gasteiger partial charge in [-0.3, -0.25) is 8.89 Å². The van der Waals surface area contributed by atoms with Crippen molar-refractivity contribution in [1.29, 1.82) is 0 Å². The van der Waals surface area contributed by atoms with E-state index < -0.39 is 10.8 Å². The Morgan fingerprint density at radius 1 is 1.33 bits per heavy atom. The molecule has 0 saturated heterocycles. The van der Waals surface area contributed by atoms with E-state index in [0.29, 0.717) is 0 Å². The van der Waals surface area contributed by atoms with Crippen LogP contribution < -0.4 is 0 Å². The summed E-state index contributed by atoms with van der Waals surface area (Å²) in [7, 11) is 0.940. The van der Waals surface area contributed by atoms with Gasteiger partial charge in [0.2, 0.25) is 0 Å². The topological polar surface area (TPSA) is 34.9 Å². The molecular formula is C11H12N2OS. The predicted octanol–water partition coefficient (Wildman–Crippen LogP) is 1.82. The van der Waals surface area contributed by atoms with Crippen molar-refractivity contribution in [3.05, 3.63) is 36.5 Å². The zero-order chi connectivity index (χ0) is 10.8. The molecule has 0 N–H and O–H groups in total. The summed E-state index contributed by atoms with van der Waals surface area (Å²) >= 11 is 0. The van der Waals surface area contributed by atoms with E-state index in [0.717, 1.165) is 16.2 Å². The molecule has 0 spiro atoms. The van der Waals surface area contributed by atoms with Crippen LogP contribution in [-0.4, -0.2) is 20.2 Å². The highest BCUT2D eigenvalue weighted by atomic mass is 32.2. The molecule has 1 unspecified atom stereocenters. The molecule has 1 heterocycles. The standard InChI is InChI=1S/C11H12N2OS/c1-13-7-6-11(12-13)9-4-3-5-10(8-9)15(2)14/h3-8H,1-2H3. The van der Waals surface area contributed by atoms with Crippen LogP contribution in [0.25, 0.3) is 11.3 Å². The second-order valence-corrected chi connectivity index (χ2v) is 4.74. The Kier molecular flexibility index (Phi) is 2.68. The Morgan fingerprint density at radius 2 is 2.13 bits per heavy atom. The van der Waals surface area contributed by atoms with Crippen molar-refractivity contribution < 1.29 is 4.21 Å². The average Bonchev–Trinajstić information content (AvgIpc) is 2.65. The highest BCUT2D eigenvalue weighted by Gasteiger charge is 2.03. The molecule has 2 aromatic rings. The molecule has 1 aromatic carbocycles. The van der Waals surface area contributed by atoms with Gasteiger partial charge in [-0.1, -0.05) is 12.1 Å². The van der Waals surface area contributed by atoms with Gasteiger partial charge >= 0.3 is 0 Å². The summed E-state index contributed by atoms with van der Waals surface area (Å²) in [6, 6.07) is 9.60. The van der Waals surface area contributed by atoms with Crippen molar-refractivity contribution in [2.45, 2.75) is 4.90 Å². The van der Waals surface area contributed by atoms with Crippen LogP contribution >= 0.6 is 0 Å². The summed E-state index contributed by atoms with van der Waals surface area (Å²) in [5.74, 6) is 0. The fraction of sp³-hybridized carbons (Fsp3) is 0.182. The largest absolute Gasteiger partial charge is 0.275 e. The average molecular weight is 220 g/mol. The third kappa shape index (κ3) is 2.15. The molecule has 0 radical (unpaired) electrons. The first-order valence-corrected chi connectivity index (χ1v) is 6.16. The summed E-state index contributed by atoms with van der Waals surface area (Å²) in [4.78, 5) is 0.832. The van der Waals surface area contributed by atoms with Crippen LogP contribution in [0, 0.1) is 0 Å². The van der Waals surface area contributed by atoms with Crippen LogP contribution in [0.2, 0.25) is 0 Å². The summed E-state index contributed by atoms with van der Waals surface area (Å²) in [5, 5.41) is 4.30. The highest BCUT2D eigenvalue weighted by Crippen LogP contribution is 2.19. The number of aryl methyl sites for hydroxylation is 1. The Balaban J connectivity index is 2.45. The summed E-state index contributed by atoms with van der Waals surface area (Å²) in [5.41, 5.74) is 1.91. The molecule has 0 aliphatic rings. The van der Waals surface area contributed by atoms with Crippen molar-refractivity contribution in [1.82, 2.24) is 9.78 Å². The molecule has 78 valence electrons. The molecule has 0 amide bonds. The van der Waals surface area contributed by atoms with Crippen LogP contribution in [0.4, 0.5) is 0 Å². The Labute approximate surface area is 91.2 Å². The van der Waals surface area contributed by atoms with Crippen molar-refractivity contribution in [2.24, 2.45) is 7.05 Å². The van der Waals surface area contributed by atoms with Gasteiger partial charge in [-0.15, -0.1) is 0 Å². The molecule has 4 heteroatoms. The van der Waals surface area contributed by atoms with Gasteiger partial charge in [-0.05, 0) is 18.2 Å². The van der Waals surface area contributed by atoms with Crippen molar-refractivity contribution in [3.63, 3.8) is 0 Å². The van der Waals surface area contributed by atoms with Gasteiger partial charge in [0.05, 0.1) is 5.69 Å². The van der Waals surface area contributed by atoms with Gasteiger partial charge < -0.3 is 0 Å². The van der Waals surface area contributed by atoms with E-state index >= 15 is 0 Å². The third-order valence-electron chi connectivity index (χ3n) is 2.18. The molecular weight excluding hydrogens is 208 g/mol. The minimum Gasteiger partial charge on any atom is -0.275 e. The molecule has 0 aliphatic carbocycles. The maximum absolute atomic E-state index is 11.3. The second kappa shape index (κ2) is 3.98. The van der Waals surface area contributed by atoms with Crippen LogP contribution in [0.1, 0.15) is 0 Å². The molecule has 15 heavy (non-hydrogen) atoms. The second-order valence-electron chi connectivity index (χ2n) is 3.36. The van der Waals surface area contributed by atoms with Crippen LogP contribution in [-0.2, 0) is 17.8 Å². The fourth-order valence-corrected chi connectivity index (χ4v) is 1.97. The minimum absolute atomic E-state index is 0.832. The van der Waals surface area contributed by atoms with Crippen molar-refractivity contribution >= 4 is 10.8 Å². The van der Waals surface area contributed by atoms with Gasteiger partial charge in [0, 0.05) is 40.8 Å². The zero-order valence-corrected chi connectivity index (χ0v) is 9.49. The van der Waals surface area contributed by atoms with Crippen LogP contribution in [0.15, 0.2) is 41.4 Å². The van der Waals surface area contributed by atoms with Crippen molar-refractivity contribution in [3.8, 4) is 11.3 Å². The lowest BCUT2D eigenvalue weighted by Gasteiger charge is -1.99. The maximum atomic E-state index is 11.3. The van der Waals surface area contributed by atoms with Gasteiger partial charge in [0.25, 0.3) is 0 Å². The molecule has 3 nitrogen and oxygen atoms in total. The lowest BCUT2D eigenvalue weighted by molar-refractivity contribution is 0.687. The maximum Gasteiger partial charge on any atom is 0.0923 e. The molecule has 1 atom stereocenters. The van der Waals surface area contributed by atoms with Gasteiger partial charge in [-0.25, -0.2) is 0 Å². The third-order valence-corrected chi connectivity index (χ3v) is 3.09. The Bertz CT molecular complexity index is 505. The highest BCUT2D eigenvalue weighted by molar-refractivity contribution is 7.84. The van der Waals surface area contributed by atoms with E-state index in [-0.39, 0.29) is 0 Å². The number of nitrogens with zero attached hydrogens (tertiary/aromatic N) is 2. The molecule has 0 saturated carbocycles. The van der Waals surface area contributed by atoms with E-state index in [1.54, 1.807) is 10.9 Å². The molecule has 2 rings (SSSR count). The molecule has 1 aromatic heterocycles. The zero-order valence-electron chi connectivity index (χ0n) is 8.68. The fourth-order valence-electron chi connectivity index (χ4n) is 1.40. The van der Waals surface area contributed by atoms with Crippen molar-refractivity contribution in [2.75, 3.05) is 6.26 Å². The summed E-state index contributed by atoms with van der Waals surface area (Å²) < 4.78 is 13.1. The predicted molar refractivity (Wildman–Crippen MR) is 61.0 cm³/mol. The van der Waals surface area contributed by atoms with E-state index in [4.69, 9.17) is 0 Å². The number of rotatable bonds is 2. The SMILES string of the molecule is Cn1ccc(-c2cccc(S(C)=O)c2)n1. The molecule has 0 fully saturated rings. The number of hydrogen-bond donors (Lipinski definition) is 0. The minimum atomic E-state index is -0.941. The first-order chi connectivity index (χ1) is 7.16. The summed E-state index contributed by atoms with van der Waals surface area (Å²) in [6.07, 6.45) is 3.57. The lowest BCUT2D eigenvalue weighted by Crippen LogP contribution is -1.90. The quantitative estimate of drug-likeness (QED) is 0.774. The lowest BCUT2D eigenvalue weighted by atomic mass is 10.2. The van der Waals surface area contributed by atoms with Gasteiger partial charge in [0.15, 0.2) is 0 Å². The molecule has 0 aliphatic heterocycles. The number of hydrogen-bond acceptors (Lipinski definition) is 2. The van der Waals surface area contributed by atoms with Gasteiger partial charge in [-0.2, -0.15) is 5.10 Å². The Hall–Kier alpha value is -1.42. The number of benzene rings is 1. The molecule has 0 bridgehead atoms. The van der Waals surface area contributed by atoms with E-state index in [9.17, 15) is 4.21 Å². The summed E-state index contributed by atoms with van der Waals surface area (Å²) in [6.45, 7) is 0. The first-order valence-electron chi connectivity index (χ1n) is 4.60.